The molecule has 0 fully saturated rings. The number of aliphatic carboxylic acids is 1. The molecule has 4 unspecified atom stereocenters. The van der Waals surface area contributed by atoms with Crippen molar-refractivity contribution in [2.45, 2.75) is 57.8 Å². The highest BCUT2D eigenvalue weighted by Crippen LogP contribution is 2.06. The quantitative estimate of drug-likeness (QED) is 0.175. The Bertz CT molecular complexity index is 594. The molecule has 0 aromatic rings. The number of carboxylic acids is 1. The van der Waals surface area contributed by atoms with Gasteiger partial charge in [-0.2, -0.15) is 0 Å². The smallest absolute Gasteiger partial charge is 0.326 e. The predicted octanol–water partition coefficient (Wildman–Crippen LogP) is -3.21. The third-order valence-electron chi connectivity index (χ3n) is 3.62. The highest BCUT2D eigenvalue weighted by molar-refractivity contribution is 5.93. The maximum absolute atomic E-state index is 12.3. The van der Waals surface area contributed by atoms with Crippen LogP contribution < -0.4 is 27.4 Å². The van der Waals surface area contributed by atoms with Crippen LogP contribution in [0.25, 0.3) is 0 Å². The standard InChI is InChI=1S/C16H29N5O7/c1-7(2)4-9(21-15(26)13(18)8(3)22)14(25)19-6-12(24)20-10(16(27)28)5-11(17)23/h7-10,13,22H,4-6,18H2,1-3H3,(H2,17,23)(H,19,25)(H,20,24)(H,21,26)(H,27,28). The first-order chi connectivity index (χ1) is 12.8. The lowest BCUT2D eigenvalue weighted by Crippen LogP contribution is -2.55. The summed E-state index contributed by atoms with van der Waals surface area (Å²) in [5.74, 6) is -4.61. The first-order valence-corrected chi connectivity index (χ1v) is 8.67. The molecule has 0 aromatic heterocycles. The fraction of sp³-hybridized carbons (Fsp3) is 0.688. The summed E-state index contributed by atoms with van der Waals surface area (Å²) in [6.07, 6.45) is -1.48. The van der Waals surface area contributed by atoms with Crippen LogP contribution in [0.3, 0.4) is 0 Å². The van der Waals surface area contributed by atoms with Crippen LogP contribution >= 0.6 is 0 Å². The number of carbonyl (C=O) groups is 5. The fourth-order valence-corrected chi connectivity index (χ4v) is 2.13. The van der Waals surface area contributed by atoms with Crippen LogP contribution in [0.5, 0.6) is 0 Å². The third-order valence-corrected chi connectivity index (χ3v) is 3.62. The topological polar surface area (TPSA) is 214 Å². The minimum atomic E-state index is -1.52. The van der Waals surface area contributed by atoms with E-state index < -0.39 is 66.8 Å². The number of carbonyl (C=O) groups excluding carboxylic acids is 4. The van der Waals surface area contributed by atoms with Gasteiger partial charge in [0.05, 0.1) is 19.1 Å². The number of amides is 4. The van der Waals surface area contributed by atoms with Gasteiger partial charge in [-0.15, -0.1) is 0 Å². The number of rotatable bonds is 12. The normalized spacial score (nSPS) is 15.1. The molecule has 28 heavy (non-hydrogen) atoms. The second kappa shape index (κ2) is 11.9. The van der Waals surface area contributed by atoms with Crippen LogP contribution in [0.1, 0.15) is 33.6 Å². The summed E-state index contributed by atoms with van der Waals surface area (Å²) in [5.41, 5.74) is 10.4. The van der Waals surface area contributed by atoms with E-state index in [4.69, 9.17) is 16.6 Å². The van der Waals surface area contributed by atoms with E-state index in [0.717, 1.165) is 0 Å². The monoisotopic (exact) mass is 403 g/mol. The van der Waals surface area contributed by atoms with E-state index >= 15 is 0 Å². The number of nitrogens with two attached hydrogens (primary N) is 2. The highest BCUT2D eigenvalue weighted by Gasteiger charge is 2.27. The molecule has 0 bridgehead atoms. The molecule has 0 saturated heterocycles. The Balaban J connectivity index is 4.85. The van der Waals surface area contributed by atoms with Gasteiger partial charge in [0.1, 0.15) is 18.1 Å². The van der Waals surface area contributed by atoms with Gasteiger partial charge >= 0.3 is 5.97 Å². The Morgan fingerprint density at radius 2 is 1.54 bits per heavy atom. The molecule has 4 amide bonds. The van der Waals surface area contributed by atoms with Crippen molar-refractivity contribution >= 4 is 29.6 Å². The van der Waals surface area contributed by atoms with Gasteiger partial charge in [-0.1, -0.05) is 13.8 Å². The molecular weight excluding hydrogens is 374 g/mol. The summed E-state index contributed by atoms with van der Waals surface area (Å²) < 4.78 is 0. The van der Waals surface area contributed by atoms with Gasteiger partial charge in [-0.3, -0.25) is 19.2 Å². The maximum atomic E-state index is 12.3. The number of hydrogen-bond acceptors (Lipinski definition) is 7. The van der Waals surface area contributed by atoms with E-state index in [9.17, 15) is 29.1 Å². The van der Waals surface area contributed by atoms with Gasteiger partial charge in [-0.05, 0) is 19.3 Å². The summed E-state index contributed by atoms with van der Waals surface area (Å²) >= 11 is 0. The molecule has 0 heterocycles. The SMILES string of the molecule is CC(C)CC(NC(=O)C(N)C(C)O)C(=O)NCC(=O)NC(CC(N)=O)C(=O)O. The molecule has 160 valence electrons. The van der Waals surface area contributed by atoms with E-state index in [-0.39, 0.29) is 12.3 Å². The molecule has 4 atom stereocenters. The molecule has 12 heteroatoms. The van der Waals surface area contributed by atoms with E-state index in [1.807, 2.05) is 13.8 Å². The Labute approximate surface area is 162 Å². The van der Waals surface area contributed by atoms with Crippen molar-refractivity contribution in [1.29, 1.82) is 0 Å². The van der Waals surface area contributed by atoms with Gasteiger partial charge in [0, 0.05) is 0 Å². The summed E-state index contributed by atoms with van der Waals surface area (Å²) in [4.78, 5) is 57.9. The molecule has 0 aliphatic carbocycles. The van der Waals surface area contributed by atoms with Crippen LogP contribution in [0, 0.1) is 5.92 Å². The zero-order valence-electron chi connectivity index (χ0n) is 16.1. The Hall–Kier alpha value is -2.73. The summed E-state index contributed by atoms with van der Waals surface area (Å²) in [7, 11) is 0. The van der Waals surface area contributed by atoms with Crippen LogP contribution in [0.4, 0.5) is 0 Å². The largest absolute Gasteiger partial charge is 0.480 e. The fourth-order valence-electron chi connectivity index (χ4n) is 2.13. The van der Waals surface area contributed by atoms with E-state index in [2.05, 4.69) is 16.0 Å². The highest BCUT2D eigenvalue weighted by atomic mass is 16.4. The van der Waals surface area contributed by atoms with Crippen LogP contribution in [0.2, 0.25) is 0 Å². The minimum Gasteiger partial charge on any atom is -0.480 e. The Morgan fingerprint density at radius 3 is 1.96 bits per heavy atom. The summed E-state index contributed by atoms with van der Waals surface area (Å²) in [6.45, 7) is 4.38. The Morgan fingerprint density at radius 1 is 0.964 bits per heavy atom. The van der Waals surface area contributed by atoms with Crippen molar-refractivity contribution in [2.24, 2.45) is 17.4 Å². The van der Waals surface area contributed by atoms with Gasteiger partial charge < -0.3 is 37.6 Å². The van der Waals surface area contributed by atoms with E-state index in [1.165, 1.54) is 6.92 Å². The Kier molecular flexibility index (Phi) is 10.7. The lowest BCUT2D eigenvalue weighted by molar-refractivity contribution is -0.143. The number of hydrogen-bond donors (Lipinski definition) is 7. The van der Waals surface area contributed by atoms with Crippen LogP contribution in [-0.4, -0.2) is 70.6 Å². The second-order valence-electron chi connectivity index (χ2n) is 6.80. The van der Waals surface area contributed by atoms with Crippen molar-refractivity contribution < 1.29 is 34.2 Å². The molecule has 0 radical (unpaired) electrons. The molecule has 0 aliphatic rings. The number of aliphatic hydroxyl groups excluding tert-OH is 1. The number of nitrogens with one attached hydrogen (secondary N) is 3. The zero-order valence-corrected chi connectivity index (χ0v) is 16.1. The third kappa shape index (κ3) is 9.83. The van der Waals surface area contributed by atoms with Crippen molar-refractivity contribution in [3.05, 3.63) is 0 Å². The van der Waals surface area contributed by atoms with E-state index in [0.29, 0.717) is 0 Å². The number of carboxylic acid groups (broad SMARTS) is 1. The van der Waals surface area contributed by atoms with Crippen molar-refractivity contribution in [3.63, 3.8) is 0 Å². The first kappa shape index (κ1) is 25.3. The first-order valence-electron chi connectivity index (χ1n) is 8.67. The van der Waals surface area contributed by atoms with Gasteiger partial charge in [0.2, 0.25) is 23.6 Å². The van der Waals surface area contributed by atoms with Crippen molar-refractivity contribution in [3.8, 4) is 0 Å². The number of primary amides is 1. The van der Waals surface area contributed by atoms with Gasteiger partial charge in [-0.25, -0.2) is 4.79 Å². The van der Waals surface area contributed by atoms with Crippen molar-refractivity contribution in [1.82, 2.24) is 16.0 Å². The van der Waals surface area contributed by atoms with Gasteiger partial charge in [0.15, 0.2) is 0 Å². The lowest BCUT2D eigenvalue weighted by atomic mass is 10.0. The predicted molar refractivity (Wildman–Crippen MR) is 97.4 cm³/mol. The minimum absolute atomic E-state index is 0.0135. The molecular formula is C16H29N5O7. The average Bonchev–Trinajstić information content (AvgIpc) is 2.56. The zero-order chi connectivity index (χ0) is 22.0. The second-order valence-corrected chi connectivity index (χ2v) is 6.80. The molecule has 0 spiro atoms. The number of aliphatic hydroxyl groups is 1. The van der Waals surface area contributed by atoms with Crippen LogP contribution in [-0.2, 0) is 24.0 Å². The summed E-state index contributed by atoms with van der Waals surface area (Å²) in [6, 6.07) is -3.75. The molecule has 0 saturated carbocycles. The lowest BCUT2D eigenvalue weighted by Gasteiger charge is -2.23. The molecule has 12 nitrogen and oxygen atoms in total. The molecule has 9 N–H and O–H groups in total. The van der Waals surface area contributed by atoms with Gasteiger partial charge in [0.25, 0.3) is 0 Å². The maximum Gasteiger partial charge on any atom is 0.326 e. The molecule has 0 aliphatic heterocycles. The summed E-state index contributed by atoms with van der Waals surface area (Å²) in [5, 5.41) is 25.1. The molecule has 0 aromatic carbocycles. The van der Waals surface area contributed by atoms with Crippen molar-refractivity contribution in [2.75, 3.05) is 6.54 Å². The average molecular weight is 403 g/mol. The van der Waals surface area contributed by atoms with E-state index in [1.54, 1.807) is 0 Å². The van der Waals surface area contributed by atoms with Crippen LogP contribution in [0.15, 0.2) is 0 Å². The molecule has 0 rings (SSSR count).